The lowest BCUT2D eigenvalue weighted by Crippen LogP contribution is -2.24. The predicted octanol–water partition coefficient (Wildman–Crippen LogP) is 6.59. The maximum atomic E-state index is 13.6. The summed E-state index contributed by atoms with van der Waals surface area (Å²) in [4.78, 5) is 10.9. The lowest BCUT2D eigenvalue weighted by Gasteiger charge is -2.21. The molecule has 0 bridgehead atoms. The summed E-state index contributed by atoms with van der Waals surface area (Å²) >= 11 is 3.28. The number of nitrogens with zero attached hydrogens (tertiary/aromatic N) is 5. The second-order valence-corrected chi connectivity index (χ2v) is 14.3. The van der Waals surface area contributed by atoms with Crippen molar-refractivity contribution in [3.63, 3.8) is 0 Å². The van der Waals surface area contributed by atoms with E-state index in [1.807, 2.05) is 30.7 Å². The van der Waals surface area contributed by atoms with Crippen molar-refractivity contribution in [3.05, 3.63) is 97.1 Å². The molecule has 4 fully saturated rings. The summed E-state index contributed by atoms with van der Waals surface area (Å²) in [5, 5.41) is 26.7. The predicted molar refractivity (Wildman–Crippen MR) is 176 cm³/mol. The molecule has 2 aromatic carbocycles. The number of halogens is 3. The number of anilines is 1. The highest BCUT2D eigenvalue weighted by molar-refractivity contribution is 7.09. The van der Waals surface area contributed by atoms with Gasteiger partial charge in [-0.3, -0.25) is 0 Å². The van der Waals surface area contributed by atoms with Crippen LogP contribution in [0.15, 0.2) is 47.2 Å². The number of rotatable bonds is 1. The van der Waals surface area contributed by atoms with Crippen molar-refractivity contribution in [1.82, 2.24) is 15.3 Å². The van der Waals surface area contributed by atoms with Gasteiger partial charge in [0.15, 0.2) is 0 Å². The fourth-order valence-corrected chi connectivity index (χ4v) is 7.15. The molecule has 0 spiro atoms. The fraction of sp³-hybridized carbons (Fsp3) is 0.333. The van der Waals surface area contributed by atoms with Crippen LogP contribution in [0.1, 0.15) is 45.4 Å². The highest BCUT2D eigenvalue weighted by atomic mass is 32.1. The van der Waals surface area contributed by atoms with Crippen LogP contribution in [-0.4, -0.2) is 36.1 Å². The number of hydrogen-bond donors (Lipinski definition) is 1. The summed E-state index contributed by atoms with van der Waals surface area (Å²) in [7, 11) is 0. The largest absolute Gasteiger partial charge is 0.370 e. The Bertz CT molecular complexity index is 2020. The van der Waals surface area contributed by atoms with Gasteiger partial charge >= 0.3 is 0 Å². The third-order valence-corrected chi connectivity index (χ3v) is 10.2. The average Bonchev–Trinajstić information content (AvgIpc) is 3.49. The molecule has 2 aliphatic heterocycles. The zero-order valence-corrected chi connectivity index (χ0v) is 27.3. The van der Waals surface area contributed by atoms with Gasteiger partial charge in [-0.25, -0.2) is 23.1 Å². The molecule has 11 heteroatoms. The van der Waals surface area contributed by atoms with Crippen LogP contribution in [0.3, 0.4) is 0 Å². The van der Waals surface area contributed by atoms with Crippen LogP contribution in [0, 0.1) is 100 Å². The maximum Gasteiger partial charge on any atom is 0.127 e. The van der Waals surface area contributed by atoms with Crippen LogP contribution in [0.2, 0.25) is 0 Å². The molecule has 4 aliphatic rings. The van der Waals surface area contributed by atoms with Gasteiger partial charge in [0.05, 0.1) is 38.7 Å². The van der Waals surface area contributed by atoms with E-state index >= 15 is 0 Å². The molecule has 4 heterocycles. The number of nitrogens with one attached hydrogen (secondary N) is 1. The Hall–Kier alpha value is -4.65. The number of nitriles is 2. The minimum Gasteiger partial charge on any atom is -0.370 e. The summed E-state index contributed by atoms with van der Waals surface area (Å²) < 4.78 is 38.1. The smallest absolute Gasteiger partial charge is 0.127 e. The normalized spacial score (nSPS) is 23.9. The van der Waals surface area contributed by atoms with Gasteiger partial charge in [0, 0.05) is 47.6 Å². The zero-order chi connectivity index (χ0) is 33.2. The van der Waals surface area contributed by atoms with Crippen LogP contribution < -0.4 is 10.2 Å². The molecule has 0 radical (unpaired) electrons. The Morgan fingerprint density at radius 1 is 0.787 bits per heavy atom. The van der Waals surface area contributed by atoms with Gasteiger partial charge in [0.2, 0.25) is 0 Å². The van der Waals surface area contributed by atoms with Crippen LogP contribution >= 0.6 is 22.7 Å². The second kappa shape index (κ2) is 13.2. The molecule has 2 saturated heterocycles. The highest BCUT2D eigenvalue weighted by Crippen LogP contribution is 2.58. The molecule has 2 saturated carbocycles. The number of thiazole rings is 2. The van der Waals surface area contributed by atoms with Gasteiger partial charge in [-0.05, 0) is 87.2 Å². The number of piperidine rings is 2. The number of fused-ring (bicyclic) bond motifs is 2. The molecule has 8 rings (SSSR count). The van der Waals surface area contributed by atoms with E-state index in [1.54, 1.807) is 34.8 Å². The molecular weight excluding hydrogens is 638 g/mol. The van der Waals surface area contributed by atoms with Crippen molar-refractivity contribution in [1.29, 1.82) is 10.5 Å². The van der Waals surface area contributed by atoms with E-state index in [0.29, 0.717) is 16.9 Å². The summed E-state index contributed by atoms with van der Waals surface area (Å²) in [5.41, 5.74) is 3.24. The SMILES string of the molecule is Cc1nc(C#CC23CC2CN(c2cc(F)cc(C#N)c2)C3)cs1.Cc1nc(C#CC23CNCC2C3)cs1.N#Cc1cc(F)cc(F)c1. The first-order valence-electron chi connectivity index (χ1n) is 15.0. The molecule has 4 atom stereocenters. The van der Waals surface area contributed by atoms with E-state index in [1.165, 1.54) is 18.6 Å². The standard InChI is InChI=1S/C18H14FN3S.C11H12N2S.C7H3F2N/c1-12-21-16(10-23-12)2-3-18-7-14(18)9-22(11-18)17-5-13(8-20)4-15(19)6-17;1-8-13-10(6-14-8)2-3-11-4-9(11)5-12-7-11;8-6-1-5(4-10)2-7(9)3-6/h4-6,10,14H,7,9,11H2,1H3;6,9,12H,4-5,7H2,1H3;1-3H. The summed E-state index contributed by atoms with van der Waals surface area (Å²) in [6.45, 7) is 7.90. The zero-order valence-electron chi connectivity index (χ0n) is 25.7. The Morgan fingerprint density at radius 2 is 1.34 bits per heavy atom. The van der Waals surface area contributed by atoms with E-state index in [-0.39, 0.29) is 16.8 Å². The molecular formula is C36H29F3N6S2. The minimum atomic E-state index is -0.725. The minimum absolute atomic E-state index is 0.00231. The van der Waals surface area contributed by atoms with E-state index in [4.69, 9.17) is 10.5 Å². The number of benzene rings is 2. The first-order chi connectivity index (χ1) is 22.6. The van der Waals surface area contributed by atoms with Gasteiger partial charge < -0.3 is 10.2 Å². The molecule has 6 nitrogen and oxygen atoms in total. The third kappa shape index (κ3) is 7.67. The first-order valence-corrected chi connectivity index (χ1v) is 16.8. The van der Waals surface area contributed by atoms with Gasteiger partial charge in [0.1, 0.15) is 28.8 Å². The van der Waals surface area contributed by atoms with Gasteiger partial charge in [-0.15, -0.1) is 22.7 Å². The molecule has 4 aromatic rings. The summed E-state index contributed by atoms with van der Waals surface area (Å²) in [5.74, 6) is 12.7. The summed E-state index contributed by atoms with van der Waals surface area (Å²) in [6, 6.07) is 10.8. The molecule has 2 aliphatic carbocycles. The van der Waals surface area contributed by atoms with Crippen molar-refractivity contribution in [2.45, 2.75) is 26.7 Å². The van der Waals surface area contributed by atoms with Crippen molar-refractivity contribution in [2.75, 3.05) is 31.1 Å². The Balaban J connectivity index is 0.000000137. The molecule has 2 aromatic heterocycles. The number of aryl methyl sites for hydroxylation is 2. The topological polar surface area (TPSA) is 88.6 Å². The van der Waals surface area contributed by atoms with E-state index < -0.39 is 11.6 Å². The highest BCUT2D eigenvalue weighted by Gasteiger charge is 2.59. The van der Waals surface area contributed by atoms with Crippen molar-refractivity contribution >= 4 is 28.4 Å². The average molecular weight is 667 g/mol. The summed E-state index contributed by atoms with van der Waals surface area (Å²) in [6.07, 6.45) is 2.39. The van der Waals surface area contributed by atoms with E-state index in [9.17, 15) is 13.2 Å². The number of hydrogen-bond acceptors (Lipinski definition) is 8. The van der Waals surface area contributed by atoms with Gasteiger partial charge in [0.25, 0.3) is 0 Å². The van der Waals surface area contributed by atoms with Crippen LogP contribution in [-0.2, 0) is 0 Å². The molecule has 1 N–H and O–H groups in total. The Labute approximate surface area is 279 Å². The first kappa shape index (κ1) is 32.3. The maximum absolute atomic E-state index is 13.6. The molecule has 47 heavy (non-hydrogen) atoms. The van der Waals surface area contributed by atoms with E-state index in [2.05, 4.69) is 43.9 Å². The molecule has 236 valence electrons. The fourth-order valence-electron chi connectivity index (χ4n) is 6.06. The van der Waals surface area contributed by atoms with E-state index in [0.717, 1.165) is 83.8 Å². The van der Waals surface area contributed by atoms with Crippen molar-refractivity contribution < 1.29 is 13.2 Å². The number of aromatic nitrogens is 2. The van der Waals surface area contributed by atoms with Crippen molar-refractivity contribution in [3.8, 4) is 35.8 Å². The Kier molecular flexibility index (Phi) is 9.09. The lowest BCUT2D eigenvalue weighted by molar-refractivity contribution is 0.582. The quantitative estimate of drug-likeness (QED) is 0.231. The van der Waals surface area contributed by atoms with Crippen LogP contribution in [0.25, 0.3) is 0 Å². The molecule has 0 amide bonds. The van der Waals surface area contributed by atoms with Crippen LogP contribution in [0.4, 0.5) is 18.9 Å². The lowest BCUT2D eigenvalue weighted by atomic mass is 10.1. The van der Waals surface area contributed by atoms with Crippen LogP contribution in [0.5, 0.6) is 0 Å². The molecule has 4 unspecified atom stereocenters. The third-order valence-electron chi connectivity index (χ3n) is 8.69. The van der Waals surface area contributed by atoms with Gasteiger partial charge in [-0.2, -0.15) is 10.5 Å². The van der Waals surface area contributed by atoms with Gasteiger partial charge in [-0.1, -0.05) is 11.8 Å². The second-order valence-electron chi connectivity index (χ2n) is 12.2. The Morgan fingerprint density at radius 3 is 1.85 bits per heavy atom. The van der Waals surface area contributed by atoms with Crippen molar-refractivity contribution in [2.24, 2.45) is 22.7 Å². The monoisotopic (exact) mass is 666 g/mol.